The van der Waals surface area contributed by atoms with Crippen molar-refractivity contribution in [1.29, 1.82) is 0 Å². The van der Waals surface area contributed by atoms with Crippen molar-refractivity contribution < 1.29 is 13.5 Å². The molecule has 2 N–H and O–H groups in total. The summed E-state index contributed by atoms with van der Waals surface area (Å²) in [7, 11) is 1.33. The van der Waals surface area contributed by atoms with Crippen LogP contribution in [-0.4, -0.2) is 12.6 Å². The average molecular weight is 213 g/mol. The van der Waals surface area contributed by atoms with Crippen LogP contribution in [0.1, 0.15) is 18.4 Å². The molecule has 1 fully saturated rings. The molecule has 2 rings (SSSR count). The molecule has 0 spiro atoms. The Morgan fingerprint density at radius 1 is 1.33 bits per heavy atom. The summed E-state index contributed by atoms with van der Waals surface area (Å²) in [4.78, 5) is 0. The van der Waals surface area contributed by atoms with Crippen LogP contribution in [-0.2, 0) is 6.42 Å². The highest BCUT2D eigenvalue weighted by Gasteiger charge is 2.39. The Labute approximate surface area is 87.0 Å². The van der Waals surface area contributed by atoms with Gasteiger partial charge in [0.2, 0.25) is 0 Å². The van der Waals surface area contributed by atoms with E-state index < -0.39 is 11.6 Å². The first-order valence-electron chi connectivity index (χ1n) is 4.85. The lowest BCUT2D eigenvalue weighted by Gasteiger charge is -2.13. The summed E-state index contributed by atoms with van der Waals surface area (Å²) < 4.78 is 31.6. The summed E-state index contributed by atoms with van der Waals surface area (Å²) >= 11 is 0. The van der Waals surface area contributed by atoms with E-state index >= 15 is 0 Å². The van der Waals surface area contributed by atoms with Crippen molar-refractivity contribution in [2.24, 2.45) is 5.73 Å². The van der Waals surface area contributed by atoms with Crippen molar-refractivity contribution in [1.82, 2.24) is 0 Å². The third kappa shape index (κ3) is 1.95. The predicted molar refractivity (Wildman–Crippen MR) is 52.8 cm³/mol. The van der Waals surface area contributed by atoms with Crippen molar-refractivity contribution in [3.63, 3.8) is 0 Å². The van der Waals surface area contributed by atoms with Crippen LogP contribution in [0.25, 0.3) is 0 Å². The van der Waals surface area contributed by atoms with Gasteiger partial charge in [-0.3, -0.25) is 0 Å². The van der Waals surface area contributed by atoms with E-state index in [9.17, 15) is 8.78 Å². The van der Waals surface area contributed by atoms with E-state index in [4.69, 9.17) is 10.5 Å². The molecule has 1 aromatic carbocycles. The van der Waals surface area contributed by atoms with E-state index in [0.29, 0.717) is 6.42 Å². The standard InChI is InChI=1S/C11H13F2NO/c1-15-10-7(6-11(14)4-5-11)8(12)2-3-9(10)13/h2-3H,4-6,14H2,1H3. The van der Waals surface area contributed by atoms with Crippen molar-refractivity contribution in [3.8, 4) is 5.75 Å². The summed E-state index contributed by atoms with van der Waals surface area (Å²) in [6.07, 6.45) is 2.04. The summed E-state index contributed by atoms with van der Waals surface area (Å²) in [6, 6.07) is 2.17. The molecule has 2 nitrogen and oxygen atoms in total. The molecule has 0 saturated heterocycles. The molecule has 4 heteroatoms. The summed E-state index contributed by atoms with van der Waals surface area (Å²) in [5, 5.41) is 0. The van der Waals surface area contributed by atoms with Gasteiger partial charge in [0.15, 0.2) is 11.6 Å². The predicted octanol–water partition coefficient (Wildman–Crippen LogP) is 2.01. The van der Waals surface area contributed by atoms with Crippen LogP contribution in [0, 0.1) is 11.6 Å². The maximum Gasteiger partial charge on any atom is 0.165 e. The summed E-state index contributed by atoms with van der Waals surface area (Å²) in [5.74, 6) is -1.02. The fraction of sp³-hybridized carbons (Fsp3) is 0.455. The van der Waals surface area contributed by atoms with E-state index in [2.05, 4.69) is 0 Å². The molecule has 0 heterocycles. The average Bonchev–Trinajstić information content (AvgIpc) is 2.91. The maximum absolute atomic E-state index is 13.5. The van der Waals surface area contributed by atoms with Crippen molar-refractivity contribution in [3.05, 3.63) is 29.3 Å². The molecular weight excluding hydrogens is 200 g/mol. The Morgan fingerprint density at radius 3 is 2.47 bits per heavy atom. The third-order valence-electron chi connectivity index (χ3n) is 2.78. The fourth-order valence-electron chi connectivity index (χ4n) is 1.65. The normalized spacial score (nSPS) is 17.6. The van der Waals surface area contributed by atoms with Gasteiger partial charge >= 0.3 is 0 Å². The van der Waals surface area contributed by atoms with Crippen LogP contribution < -0.4 is 10.5 Å². The van der Waals surface area contributed by atoms with Crippen LogP contribution in [0.2, 0.25) is 0 Å². The second kappa shape index (κ2) is 3.45. The van der Waals surface area contributed by atoms with Gasteiger partial charge in [-0.1, -0.05) is 0 Å². The van der Waals surface area contributed by atoms with Gasteiger partial charge in [0.05, 0.1) is 7.11 Å². The van der Waals surface area contributed by atoms with Crippen LogP contribution in [0.5, 0.6) is 5.75 Å². The summed E-state index contributed by atoms with van der Waals surface area (Å²) in [5.41, 5.74) is 5.76. The number of methoxy groups -OCH3 is 1. The van der Waals surface area contributed by atoms with E-state index in [1.165, 1.54) is 7.11 Å². The summed E-state index contributed by atoms with van der Waals surface area (Å²) in [6.45, 7) is 0. The molecule has 0 aromatic heterocycles. The molecule has 1 saturated carbocycles. The highest BCUT2D eigenvalue weighted by molar-refractivity contribution is 5.38. The largest absolute Gasteiger partial charge is 0.493 e. The lowest BCUT2D eigenvalue weighted by atomic mass is 10.0. The fourth-order valence-corrected chi connectivity index (χ4v) is 1.65. The molecule has 15 heavy (non-hydrogen) atoms. The molecule has 0 bridgehead atoms. The first kappa shape index (κ1) is 10.4. The highest BCUT2D eigenvalue weighted by Crippen LogP contribution is 2.39. The van der Waals surface area contributed by atoms with Gasteiger partial charge in [-0.2, -0.15) is 0 Å². The van der Waals surface area contributed by atoms with Gasteiger partial charge in [0.25, 0.3) is 0 Å². The van der Waals surface area contributed by atoms with E-state index in [-0.39, 0.29) is 16.9 Å². The first-order chi connectivity index (χ1) is 7.06. The van der Waals surface area contributed by atoms with Gasteiger partial charge in [-0.05, 0) is 31.4 Å². The van der Waals surface area contributed by atoms with E-state index in [0.717, 1.165) is 25.0 Å². The number of ether oxygens (including phenoxy) is 1. The second-order valence-corrected chi connectivity index (χ2v) is 4.08. The van der Waals surface area contributed by atoms with Crippen molar-refractivity contribution >= 4 is 0 Å². The van der Waals surface area contributed by atoms with Gasteiger partial charge in [0.1, 0.15) is 5.82 Å². The molecule has 82 valence electrons. The van der Waals surface area contributed by atoms with Crippen LogP contribution in [0.3, 0.4) is 0 Å². The van der Waals surface area contributed by atoms with Crippen molar-refractivity contribution in [2.45, 2.75) is 24.8 Å². The lowest BCUT2D eigenvalue weighted by molar-refractivity contribution is 0.373. The maximum atomic E-state index is 13.5. The molecule has 1 aliphatic rings. The Bertz CT molecular complexity index is 388. The van der Waals surface area contributed by atoms with Crippen LogP contribution in [0.4, 0.5) is 8.78 Å². The molecule has 0 aliphatic heterocycles. The Balaban J connectivity index is 2.38. The van der Waals surface area contributed by atoms with Gasteiger partial charge in [0, 0.05) is 11.1 Å². The molecule has 0 radical (unpaired) electrons. The Kier molecular flexibility index (Phi) is 2.38. The van der Waals surface area contributed by atoms with Crippen LogP contribution in [0.15, 0.2) is 12.1 Å². The topological polar surface area (TPSA) is 35.2 Å². The van der Waals surface area contributed by atoms with E-state index in [1.54, 1.807) is 0 Å². The number of halogens is 2. The highest BCUT2D eigenvalue weighted by atomic mass is 19.1. The smallest absolute Gasteiger partial charge is 0.165 e. The zero-order chi connectivity index (χ0) is 11.1. The Morgan fingerprint density at radius 2 is 1.93 bits per heavy atom. The lowest BCUT2D eigenvalue weighted by Crippen LogP contribution is -2.25. The zero-order valence-corrected chi connectivity index (χ0v) is 8.52. The zero-order valence-electron chi connectivity index (χ0n) is 8.52. The third-order valence-corrected chi connectivity index (χ3v) is 2.78. The number of hydrogen-bond donors (Lipinski definition) is 1. The molecule has 0 atom stereocenters. The minimum atomic E-state index is -0.543. The van der Waals surface area contributed by atoms with Crippen molar-refractivity contribution in [2.75, 3.05) is 7.11 Å². The molecule has 1 aromatic rings. The second-order valence-electron chi connectivity index (χ2n) is 4.08. The molecule has 0 amide bonds. The van der Waals surface area contributed by atoms with Gasteiger partial charge in [-0.25, -0.2) is 8.78 Å². The molecular formula is C11H13F2NO. The van der Waals surface area contributed by atoms with E-state index in [1.807, 2.05) is 0 Å². The SMILES string of the molecule is COc1c(F)ccc(F)c1CC1(N)CC1. The number of hydrogen-bond acceptors (Lipinski definition) is 2. The first-order valence-corrected chi connectivity index (χ1v) is 4.85. The van der Waals surface area contributed by atoms with Gasteiger partial charge < -0.3 is 10.5 Å². The minimum absolute atomic E-state index is 0.0216. The number of rotatable bonds is 3. The minimum Gasteiger partial charge on any atom is -0.493 e. The van der Waals surface area contributed by atoms with Gasteiger partial charge in [-0.15, -0.1) is 0 Å². The quantitative estimate of drug-likeness (QED) is 0.833. The number of nitrogens with two attached hydrogens (primary N) is 1. The number of benzene rings is 1. The Hall–Kier alpha value is -1.16. The van der Waals surface area contributed by atoms with Crippen LogP contribution >= 0.6 is 0 Å². The monoisotopic (exact) mass is 213 g/mol. The molecule has 1 aliphatic carbocycles. The molecule has 0 unspecified atom stereocenters.